The average molecular weight is 329 g/mol. The normalized spacial score (nSPS) is 11.5. The molecule has 0 atom stereocenters. The third kappa shape index (κ3) is 7.13. The Morgan fingerprint density at radius 2 is 1.82 bits per heavy atom. The number of hydrogen-bond acceptors (Lipinski definition) is 4. The molecule has 0 aliphatic rings. The molecule has 0 saturated carbocycles. The Morgan fingerprint density at radius 1 is 1.14 bits per heavy atom. The number of sulfonamides is 1. The summed E-state index contributed by atoms with van der Waals surface area (Å²) < 4.78 is 31.4. The zero-order chi connectivity index (χ0) is 16.4. The molecule has 0 unspecified atom stereocenters. The molecule has 0 aliphatic carbocycles. The van der Waals surface area contributed by atoms with Crippen LogP contribution in [0.2, 0.25) is 0 Å². The highest BCUT2D eigenvalue weighted by Crippen LogP contribution is 2.26. The van der Waals surface area contributed by atoms with Gasteiger partial charge in [-0.1, -0.05) is 45.1 Å². The number of rotatable bonds is 11. The lowest BCUT2D eigenvalue weighted by Gasteiger charge is -2.09. The lowest BCUT2D eigenvalue weighted by Crippen LogP contribution is -2.25. The maximum absolute atomic E-state index is 11.9. The molecule has 0 fully saturated rings. The fourth-order valence-corrected chi connectivity index (χ4v) is 3.28. The Bertz CT molecular complexity index is 543. The molecule has 0 bridgehead atoms. The zero-order valence-electron chi connectivity index (χ0n) is 13.5. The fraction of sp³-hybridized carbons (Fsp3) is 0.625. The molecule has 1 rings (SSSR count). The number of aromatic hydroxyl groups is 1. The summed E-state index contributed by atoms with van der Waals surface area (Å²) in [6, 6.07) is 4.80. The predicted molar refractivity (Wildman–Crippen MR) is 88.7 cm³/mol. The van der Waals surface area contributed by atoms with Crippen LogP contribution in [0.5, 0.6) is 11.5 Å². The van der Waals surface area contributed by atoms with Gasteiger partial charge in [-0.2, -0.15) is 0 Å². The van der Waals surface area contributed by atoms with Gasteiger partial charge in [0, 0.05) is 6.54 Å². The molecular formula is C16H27NO4S. The molecule has 1 aromatic rings. The maximum Gasteiger partial charge on any atom is 0.211 e. The van der Waals surface area contributed by atoms with Crippen LogP contribution < -0.4 is 9.46 Å². The van der Waals surface area contributed by atoms with E-state index in [1.807, 2.05) is 0 Å². The van der Waals surface area contributed by atoms with E-state index in [4.69, 9.17) is 4.74 Å². The number of nitrogens with one attached hydrogen (secondary N) is 1. The lowest BCUT2D eigenvalue weighted by atomic mass is 10.1. The Balaban J connectivity index is 2.36. The van der Waals surface area contributed by atoms with Crippen LogP contribution >= 0.6 is 0 Å². The number of phenolic OH excluding ortho intramolecular Hbond substituents is 1. The Morgan fingerprint density at radius 3 is 2.50 bits per heavy atom. The van der Waals surface area contributed by atoms with Gasteiger partial charge < -0.3 is 9.84 Å². The van der Waals surface area contributed by atoms with E-state index in [9.17, 15) is 13.5 Å². The van der Waals surface area contributed by atoms with Crippen LogP contribution in [0.15, 0.2) is 18.2 Å². The van der Waals surface area contributed by atoms with Gasteiger partial charge in [0.1, 0.15) is 0 Å². The Hall–Kier alpha value is -1.27. The first kappa shape index (κ1) is 18.8. The zero-order valence-corrected chi connectivity index (χ0v) is 14.3. The van der Waals surface area contributed by atoms with Gasteiger partial charge >= 0.3 is 0 Å². The maximum atomic E-state index is 11.9. The van der Waals surface area contributed by atoms with Crippen LogP contribution in [0.4, 0.5) is 0 Å². The Kier molecular flexibility index (Phi) is 8.27. The summed E-state index contributed by atoms with van der Waals surface area (Å²) in [6.07, 6.45) is 6.32. The van der Waals surface area contributed by atoms with Crippen LogP contribution in [0.1, 0.15) is 51.0 Å². The van der Waals surface area contributed by atoms with E-state index in [1.165, 1.54) is 32.4 Å². The molecule has 2 N–H and O–H groups in total. The van der Waals surface area contributed by atoms with Gasteiger partial charge in [0.25, 0.3) is 0 Å². The van der Waals surface area contributed by atoms with E-state index in [-0.39, 0.29) is 18.0 Å². The van der Waals surface area contributed by atoms with E-state index in [1.54, 1.807) is 12.1 Å². The number of unbranched alkanes of at least 4 members (excludes halogenated alkanes) is 5. The molecule has 0 amide bonds. The largest absolute Gasteiger partial charge is 0.504 e. The van der Waals surface area contributed by atoms with Crippen molar-refractivity contribution in [2.45, 2.75) is 52.0 Å². The van der Waals surface area contributed by atoms with Crippen molar-refractivity contribution in [3.63, 3.8) is 0 Å². The van der Waals surface area contributed by atoms with E-state index in [0.29, 0.717) is 12.2 Å². The van der Waals surface area contributed by atoms with Crippen molar-refractivity contribution in [3.05, 3.63) is 23.8 Å². The highest BCUT2D eigenvalue weighted by molar-refractivity contribution is 7.89. The van der Waals surface area contributed by atoms with Crippen molar-refractivity contribution in [1.82, 2.24) is 4.72 Å². The fourth-order valence-electron chi connectivity index (χ4n) is 2.17. The van der Waals surface area contributed by atoms with Crippen molar-refractivity contribution in [2.75, 3.05) is 12.9 Å². The molecule has 126 valence electrons. The van der Waals surface area contributed by atoms with E-state index in [2.05, 4.69) is 11.6 Å². The molecule has 0 saturated heterocycles. The molecular weight excluding hydrogens is 302 g/mol. The minimum atomic E-state index is -3.26. The van der Waals surface area contributed by atoms with Crippen LogP contribution in [0, 0.1) is 0 Å². The second-order valence-electron chi connectivity index (χ2n) is 5.41. The number of phenols is 1. The summed E-state index contributed by atoms with van der Waals surface area (Å²) in [7, 11) is -1.80. The molecule has 6 heteroatoms. The molecule has 22 heavy (non-hydrogen) atoms. The second kappa shape index (κ2) is 9.69. The molecule has 0 radical (unpaired) electrons. The first-order valence-electron chi connectivity index (χ1n) is 7.81. The Labute approximate surface area is 133 Å². The van der Waals surface area contributed by atoms with Crippen LogP contribution in [0.25, 0.3) is 0 Å². The third-order valence-corrected chi connectivity index (χ3v) is 4.92. The first-order valence-corrected chi connectivity index (χ1v) is 9.47. The van der Waals surface area contributed by atoms with E-state index >= 15 is 0 Å². The predicted octanol–water partition coefficient (Wildman–Crippen LogP) is 3.18. The monoisotopic (exact) mass is 329 g/mol. The average Bonchev–Trinajstić information content (AvgIpc) is 2.50. The van der Waals surface area contributed by atoms with Crippen LogP contribution in [-0.2, 0) is 16.6 Å². The molecule has 5 nitrogen and oxygen atoms in total. The number of hydrogen-bond donors (Lipinski definition) is 2. The lowest BCUT2D eigenvalue weighted by molar-refractivity contribution is 0.373. The van der Waals surface area contributed by atoms with Crippen LogP contribution in [0.3, 0.4) is 0 Å². The SMILES string of the molecule is CCCCCCCCS(=O)(=O)NCc1ccc(O)c(OC)c1. The minimum Gasteiger partial charge on any atom is -0.504 e. The van der Waals surface area contributed by atoms with E-state index < -0.39 is 10.0 Å². The van der Waals surface area contributed by atoms with Crippen LogP contribution in [-0.4, -0.2) is 26.4 Å². The highest BCUT2D eigenvalue weighted by atomic mass is 32.2. The standard InChI is InChI=1S/C16H27NO4S/c1-3-4-5-6-7-8-11-22(19,20)17-13-14-9-10-15(18)16(12-14)21-2/h9-10,12,17-18H,3-8,11,13H2,1-2H3. The van der Waals surface area contributed by atoms with Crippen molar-refractivity contribution in [2.24, 2.45) is 0 Å². The van der Waals surface area contributed by atoms with Gasteiger partial charge in [-0.25, -0.2) is 13.1 Å². The highest BCUT2D eigenvalue weighted by Gasteiger charge is 2.10. The van der Waals surface area contributed by atoms with Crippen molar-refractivity contribution in [1.29, 1.82) is 0 Å². The number of methoxy groups -OCH3 is 1. The summed E-state index contributed by atoms with van der Waals surface area (Å²) >= 11 is 0. The van der Waals surface area contributed by atoms with E-state index in [0.717, 1.165) is 18.4 Å². The summed E-state index contributed by atoms with van der Waals surface area (Å²) in [4.78, 5) is 0. The van der Waals surface area contributed by atoms with Gasteiger partial charge in [0.05, 0.1) is 12.9 Å². The van der Waals surface area contributed by atoms with Gasteiger partial charge in [-0.05, 0) is 24.1 Å². The van der Waals surface area contributed by atoms with Crippen molar-refractivity contribution in [3.8, 4) is 11.5 Å². The number of ether oxygens (including phenoxy) is 1. The first-order chi connectivity index (χ1) is 10.5. The quantitative estimate of drug-likeness (QED) is 0.611. The summed E-state index contributed by atoms with van der Waals surface area (Å²) in [6.45, 7) is 2.36. The molecule has 0 spiro atoms. The second-order valence-corrected chi connectivity index (χ2v) is 7.34. The van der Waals surface area contributed by atoms with Crippen molar-refractivity contribution >= 4 is 10.0 Å². The minimum absolute atomic E-state index is 0.0428. The smallest absolute Gasteiger partial charge is 0.211 e. The van der Waals surface area contributed by atoms with Gasteiger partial charge in [0.2, 0.25) is 10.0 Å². The molecule has 0 aromatic heterocycles. The molecule has 0 aliphatic heterocycles. The van der Waals surface area contributed by atoms with Gasteiger partial charge in [-0.3, -0.25) is 0 Å². The number of benzene rings is 1. The summed E-state index contributed by atoms with van der Waals surface area (Å²) in [5.74, 6) is 0.544. The molecule has 1 aromatic carbocycles. The topological polar surface area (TPSA) is 75.6 Å². The van der Waals surface area contributed by atoms with Crippen molar-refractivity contribution < 1.29 is 18.3 Å². The summed E-state index contributed by atoms with van der Waals surface area (Å²) in [5.41, 5.74) is 0.751. The third-order valence-electron chi connectivity index (χ3n) is 3.51. The summed E-state index contributed by atoms with van der Waals surface area (Å²) in [5, 5.41) is 9.50. The van der Waals surface area contributed by atoms with Gasteiger partial charge in [-0.15, -0.1) is 0 Å². The molecule has 0 heterocycles. The van der Waals surface area contributed by atoms with Gasteiger partial charge in [0.15, 0.2) is 11.5 Å².